The molecule has 0 saturated carbocycles. The molecule has 2 rings (SSSR count). The van der Waals surface area contributed by atoms with Gasteiger partial charge in [-0.3, -0.25) is 0 Å². The molecule has 1 aliphatic heterocycles. The maximum atomic E-state index is 10.2. The Morgan fingerprint density at radius 1 is 1.08 bits per heavy atom. The Kier molecular flexibility index (Phi) is 7.08. The summed E-state index contributed by atoms with van der Waals surface area (Å²) in [6.45, 7) is 3.51. The van der Waals surface area contributed by atoms with Crippen LogP contribution in [0.15, 0.2) is 12.1 Å². The summed E-state index contributed by atoms with van der Waals surface area (Å²) in [7, 11) is 3.03. The number of benzene rings is 1. The fraction of sp³-hybridized carbons (Fsp3) is 0.667. The van der Waals surface area contributed by atoms with Gasteiger partial charge in [0.25, 0.3) is 0 Å². The third kappa shape index (κ3) is 4.05. The van der Waals surface area contributed by atoms with Crippen LogP contribution >= 0.6 is 0 Å². The number of aliphatic hydroxyl groups excluding tert-OH is 4. The molecular weight excluding hydrogens is 344 g/mol. The van der Waals surface area contributed by atoms with Gasteiger partial charge < -0.3 is 39.4 Å². The topological polar surface area (TPSA) is 118 Å². The number of rotatable bonds is 7. The summed E-state index contributed by atoms with van der Waals surface area (Å²) < 4.78 is 22.0. The molecule has 26 heavy (non-hydrogen) atoms. The molecular formula is C18H28O8. The van der Waals surface area contributed by atoms with Gasteiger partial charge in [0.1, 0.15) is 30.2 Å². The lowest BCUT2D eigenvalue weighted by Crippen LogP contribution is -2.60. The highest BCUT2D eigenvalue weighted by atomic mass is 16.7. The maximum absolute atomic E-state index is 10.2. The molecule has 1 aliphatic rings. The summed E-state index contributed by atoms with van der Waals surface area (Å²) in [5.41, 5.74) is 0.792. The van der Waals surface area contributed by atoms with E-state index in [1.807, 2.05) is 19.9 Å². The Morgan fingerprint density at radius 2 is 1.77 bits per heavy atom. The van der Waals surface area contributed by atoms with Crippen LogP contribution in [0.2, 0.25) is 0 Å². The van der Waals surface area contributed by atoms with Crippen LogP contribution in [-0.2, 0) is 4.74 Å². The van der Waals surface area contributed by atoms with E-state index in [9.17, 15) is 20.4 Å². The first-order chi connectivity index (χ1) is 12.4. The van der Waals surface area contributed by atoms with Crippen molar-refractivity contribution in [3.8, 4) is 17.2 Å². The molecule has 0 radical (unpaired) electrons. The Bertz CT molecular complexity index is 591. The minimum Gasteiger partial charge on any atom is -0.497 e. The van der Waals surface area contributed by atoms with Crippen LogP contribution in [0.25, 0.3) is 0 Å². The van der Waals surface area contributed by atoms with Crippen LogP contribution in [0.5, 0.6) is 17.2 Å². The van der Waals surface area contributed by atoms with Crippen molar-refractivity contribution >= 4 is 0 Å². The molecule has 1 aromatic rings. The quantitative estimate of drug-likeness (QED) is 0.543. The standard InChI is InChI=1S/C18H28O8/c1-5-9(2)11-6-10(23-3)7-12(24-4)17(11)26-18-16(22)15(21)14(20)13(8-19)25-18/h6-7,9,13-16,18-22H,5,8H2,1-4H3. The van der Waals surface area contributed by atoms with E-state index in [1.165, 1.54) is 7.11 Å². The molecule has 8 heteroatoms. The normalized spacial score (nSPS) is 29.9. The lowest BCUT2D eigenvalue weighted by atomic mass is 9.96. The third-order valence-electron chi connectivity index (χ3n) is 4.74. The number of hydrogen-bond acceptors (Lipinski definition) is 8. The third-order valence-corrected chi connectivity index (χ3v) is 4.74. The molecule has 0 bridgehead atoms. The Morgan fingerprint density at radius 3 is 2.31 bits per heavy atom. The first kappa shape index (κ1) is 20.7. The SMILES string of the molecule is CCC(C)c1cc(OC)cc(OC)c1OC1OC(CO)C(O)C(O)C1O. The summed E-state index contributed by atoms with van der Waals surface area (Å²) in [5, 5.41) is 39.4. The Hall–Kier alpha value is -1.58. The number of methoxy groups -OCH3 is 2. The molecule has 0 spiro atoms. The molecule has 0 aromatic heterocycles. The second kappa shape index (κ2) is 8.88. The predicted octanol–water partition coefficient (Wildman–Crippen LogP) is 0.396. The first-order valence-corrected chi connectivity index (χ1v) is 8.60. The maximum Gasteiger partial charge on any atom is 0.229 e. The summed E-state index contributed by atoms with van der Waals surface area (Å²) in [6.07, 6.45) is -5.96. The second-order valence-electron chi connectivity index (χ2n) is 6.37. The average Bonchev–Trinajstić information content (AvgIpc) is 2.67. The first-order valence-electron chi connectivity index (χ1n) is 8.60. The Labute approximate surface area is 152 Å². The van der Waals surface area contributed by atoms with Gasteiger partial charge in [-0.25, -0.2) is 0 Å². The van der Waals surface area contributed by atoms with E-state index in [0.717, 1.165) is 12.0 Å². The van der Waals surface area contributed by atoms with E-state index in [1.54, 1.807) is 13.2 Å². The van der Waals surface area contributed by atoms with Gasteiger partial charge >= 0.3 is 0 Å². The highest BCUT2D eigenvalue weighted by molar-refractivity contribution is 5.53. The molecule has 0 amide bonds. The van der Waals surface area contributed by atoms with Crippen LogP contribution in [0.4, 0.5) is 0 Å². The largest absolute Gasteiger partial charge is 0.497 e. The highest BCUT2D eigenvalue weighted by Gasteiger charge is 2.45. The minimum atomic E-state index is -1.51. The monoisotopic (exact) mass is 372 g/mol. The lowest BCUT2D eigenvalue weighted by molar-refractivity contribution is -0.277. The molecule has 1 aromatic carbocycles. The van der Waals surface area contributed by atoms with E-state index >= 15 is 0 Å². The van der Waals surface area contributed by atoms with Crippen molar-refractivity contribution < 1.29 is 39.4 Å². The van der Waals surface area contributed by atoms with Crippen LogP contribution in [0, 0.1) is 0 Å². The van der Waals surface area contributed by atoms with Gasteiger partial charge in [-0.15, -0.1) is 0 Å². The predicted molar refractivity (Wildman–Crippen MR) is 92.6 cm³/mol. The van der Waals surface area contributed by atoms with E-state index in [4.69, 9.17) is 18.9 Å². The smallest absolute Gasteiger partial charge is 0.229 e. The number of hydrogen-bond donors (Lipinski definition) is 4. The fourth-order valence-electron chi connectivity index (χ4n) is 2.86. The zero-order chi connectivity index (χ0) is 19.4. The summed E-state index contributed by atoms with van der Waals surface area (Å²) >= 11 is 0. The zero-order valence-electron chi connectivity index (χ0n) is 15.5. The van der Waals surface area contributed by atoms with Crippen molar-refractivity contribution in [3.05, 3.63) is 17.7 Å². The van der Waals surface area contributed by atoms with Gasteiger partial charge in [0.15, 0.2) is 11.5 Å². The number of aliphatic hydroxyl groups is 4. The van der Waals surface area contributed by atoms with Crippen molar-refractivity contribution in [1.82, 2.24) is 0 Å². The number of ether oxygens (including phenoxy) is 4. The Balaban J connectivity index is 2.40. The van der Waals surface area contributed by atoms with Crippen molar-refractivity contribution in [3.63, 3.8) is 0 Å². The van der Waals surface area contributed by atoms with E-state index in [-0.39, 0.29) is 5.92 Å². The highest BCUT2D eigenvalue weighted by Crippen LogP contribution is 2.42. The van der Waals surface area contributed by atoms with Crippen molar-refractivity contribution in [2.45, 2.75) is 56.9 Å². The van der Waals surface area contributed by atoms with Crippen LogP contribution in [0.3, 0.4) is 0 Å². The van der Waals surface area contributed by atoms with Crippen LogP contribution in [-0.4, -0.2) is 72.0 Å². The average molecular weight is 372 g/mol. The van der Waals surface area contributed by atoms with Crippen LogP contribution in [0.1, 0.15) is 31.7 Å². The second-order valence-corrected chi connectivity index (χ2v) is 6.37. The molecule has 8 nitrogen and oxygen atoms in total. The van der Waals surface area contributed by atoms with Gasteiger partial charge in [-0.2, -0.15) is 0 Å². The van der Waals surface area contributed by atoms with Gasteiger partial charge in [0.2, 0.25) is 6.29 Å². The lowest BCUT2D eigenvalue weighted by Gasteiger charge is -2.40. The van der Waals surface area contributed by atoms with E-state index in [0.29, 0.717) is 17.2 Å². The minimum absolute atomic E-state index is 0.0962. The van der Waals surface area contributed by atoms with Crippen molar-refractivity contribution in [2.75, 3.05) is 20.8 Å². The molecule has 6 unspecified atom stereocenters. The molecule has 1 heterocycles. The molecule has 6 atom stereocenters. The van der Waals surface area contributed by atoms with Gasteiger partial charge in [-0.05, 0) is 18.4 Å². The molecule has 148 valence electrons. The van der Waals surface area contributed by atoms with Crippen molar-refractivity contribution in [2.24, 2.45) is 0 Å². The van der Waals surface area contributed by atoms with Crippen molar-refractivity contribution in [1.29, 1.82) is 0 Å². The summed E-state index contributed by atoms with van der Waals surface area (Å²) in [6, 6.07) is 3.46. The van der Waals surface area contributed by atoms with E-state index in [2.05, 4.69) is 0 Å². The molecule has 1 saturated heterocycles. The summed E-state index contributed by atoms with van der Waals surface area (Å²) in [5.74, 6) is 1.43. The molecule has 4 N–H and O–H groups in total. The van der Waals surface area contributed by atoms with E-state index < -0.39 is 37.3 Å². The van der Waals surface area contributed by atoms with Gasteiger partial charge in [0, 0.05) is 11.6 Å². The molecule has 0 aliphatic carbocycles. The van der Waals surface area contributed by atoms with Crippen LogP contribution < -0.4 is 14.2 Å². The van der Waals surface area contributed by atoms with Gasteiger partial charge in [0.05, 0.1) is 20.8 Å². The zero-order valence-corrected chi connectivity index (χ0v) is 15.5. The fourth-order valence-corrected chi connectivity index (χ4v) is 2.86. The van der Waals surface area contributed by atoms with Gasteiger partial charge in [-0.1, -0.05) is 13.8 Å². The molecule has 1 fully saturated rings. The summed E-state index contributed by atoms with van der Waals surface area (Å²) in [4.78, 5) is 0.